The lowest BCUT2D eigenvalue weighted by Crippen LogP contribution is -2.22. The topological polar surface area (TPSA) is 9.23 Å². The summed E-state index contributed by atoms with van der Waals surface area (Å²) in [5.41, 5.74) is -1.98. The second-order valence-corrected chi connectivity index (χ2v) is 9.91. The fourth-order valence-electron chi connectivity index (χ4n) is 5.22. The first-order chi connectivity index (χ1) is 18.0. The molecule has 4 rings (SSSR count). The molecule has 0 aliphatic heterocycles. The molecule has 204 valence electrons. The molecule has 0 unspecified atom stereocenters. The van der Waals surface area contributed by atoms with Gasteiger partial charge in [-0.05, 0) is 79.0 Å². The van der Waals surface area contributed by atoms with E-state index in [9.17, 15) is 22.0 Å². The summed E-state index contributed by atoms with van der Waals surface area (Å²) in [6.07, 6.45) is -1.08. The van der Waals surface area contributed by atoms with Crippen molar-refractivity contribution in [1.82, 2.24) is 0 Å². The fraction of sp³-hybridized carbons (Fsp3) is 0.400. The third-order valence-corrected chi connectivity index (χ3v) is 7.29. The van der Waals surface area contributed by atoms with Gasteiger partial charge in [0.1, 0.15) is 22.9 Å². The van der Waals surface area contributed by atoms with Crippen molar-refractivity contribution in [3.05, 3.63) is 89.0 Å². The zero-order valence-electron chi connectivity index (χ0n) is 20.9. The van der Waals surface area contributed by atoms with Gasteiger partial charge in [0.05, 0.1) is 5.56 Å². The van der Waals surface area contributed by atoms with Crippen LogP contribution in [-0.2, 0) is 12.3 Å². The molecule has 0 atom stereocenters. The quantitative estimate of drug-likeness (QED) is 0.259. The monoisotopic (exact) mass is 538 g/mol. The first kappa shape index (κ1) is 28.0. The SMILES string of the molecule is CCCC[C@H]1CC[C@H](c2ccc(C(F)(F)Oc3ccccc3-c3cc(F)c(C(F)(F)F)c(F)c3)cc2)CC1. The van der Waals surface area contributed by atoms with Crippen LogP contribution in [0.25, 0.3) is 11.1 Å². The van der Waals surface area contributed by atoms with Crippen LogP contribution >= 0.6 is 0 Å². The van der Waals surface area contributed by atoms with E-state index >= 15 is 8.78 Å². The third kappa shape index (κ3) is 6.33. The molecule has 8 heteroatoms. The van der Waals surface area contributed by atoms with Crippen LogP contribution in [0.1, 0.15) is 74.5 Å². The maximum absolute atomic E-state index is 15.1. The molecule has 0 bridgehead atoms. The molecule has 1 nitrogen and oxygen atoms in total. The summed E-state index contributed by atoms with van der Waals surface area (Å²) in [5.74, 6) is -3.06. The van der Waals surface area contributed by atoms with Crippen LogP contribution in [0.15, 0.2) is 60.7 Å². The molecule has 0 N–H and O–H groups in total. The van der Waals surface area contributed by atoms with Gasteiger partial charge in [0, 0.05) is 5.56 Å². The van der Waals surface area contributed by atoms with Crippen LogP contribution in [0, 0.1) is 17.6 Å². The van der Waals surface area contributed by atoms with Crippen LogP contribution in [0.2, 0.25) is 0 Å². The van der Waals surface area contributed by atoms with Gasteiger partial charge in [0.15, 0.2) is 0 Å². The molecular formula is C30H29F7O. The summed E-state index contributed by atoms with van der Waals surface area (Å²) < 4.78 is 102. The number of unbranched alkanes of at least 4 members (excludes halogenated alkanes) is 1. The second kappa shape index (κ2) is 11.4. The number of hydrogen-bond donors (Lipinski definition) is 0. The lowest BCUT2D eigenvalue weighted by atomic mass is 9.77. The molecule has 0 radical (unpaired) electrons. The summed E-state index contributed by atoms with van der Waals surface area (Å²) in [5, 5.41) is 0. The summed E-state index contributed by atoms with van der Waals surface area (Å²) >= 11 is 0. The Morgan fingerprint density at radius 2 is 1.42 bits per heavy atom. The zero-order valence-corrected chi connectivity index (χ0v) is 20.9. The normalized spacial score (nSPS) is 18.4. The van der Waals surface area contributed by atoms with Crippen LogP contribution in [0.5, 0.6) is 5.75 Å². The highest BCUT2D eigenvalue weighted by molar-refractivity contribution is 5.71. The molecule has 1 saturated carbocycles. The Morgan fingerprint density at radius 3 is 2.00 bits per heavy atom. The van der Waals surface area contributed by atoms with Crippen LogP contribution in [0.3, 0.4) is 0 Å². The van der Waals surface area contributed by atoms with E-state index in [1.54, 1.807) is 12.1 Å². The van der Waals surface area contributed by atoms with E-state index in [2.05, 4.69) is 6.92 Å². The maximum Gasteiger partial charge on any atom is 0.426 e. The predicted molar refractivity (Wildman–Crippen MR) is 132 cm³/mol. The predicted octanol–water partition coefficient (Wildman–Crippen LogP) is 10.2. The Labute approximate surface area is 217 Å². The van der Waals surface area contributed by atoms with E-state index in [0.717, 1.165) is 37.2 Å². The Bertz CT molecular complexity index is 1200. The van der Waals surface area contributed by atoms with Crippen molar-refractivity contribution in [2.45, 2.75) is 70.1 Å². The minimum atomic E-state index is -5.24. The molecule has 0 spiro atoms. The molecule has 3 aromatic rings. The Morgan fingerprint density at radius 1 is 0.816 bits per heavy atom. The molecule has 0 amide bonds. The van der Waals surface area contributed by atoms with Crippen LogP contribution < -0.4 is 4.74 Å². The van der Waals surface area contributed by atoms with Crippen LogP contribution in [0.4, 0.5) is 30.7 Å². The second-order valence-electron chi connectivity index (χ2n) is 9.91. The molecule has 0 heterocycles. The third-order valence-electron chi connectivity index (χ3n) is 7.29. The van der Waals surface area contributed by atoms with Gasteiger partial charge in [-0.2, -0.15) is 22.0 Å². The first-order valence-corrected chi connectivity index (χ1v) is 12.8. The molecule has 1 fully saturated rings. The van der Waals surface area contributed by atoms with Gasteiger partial charge < -0.3 is 4.74 Å². The number of benzene rings is 3. The van der Waals surface area contributed by atoms with Gasteiger partial charge in [-0.3, -0.25) is 0 Å². The number of hydrogen-bond acceptors (Lipinski definition) is 1. The molecule has 3 aromatic carbocycles. The van der Waals surface area contributed by atoms with E-state index in [0.29, 0.717) is 18.1 Å². The van der Waals surface area contributed by atoms with Gasteiger partial charge in [-0.1, -0.05) is 56.5 Å². The molecule has 1 aliphatic rings. The highest BCUT2D eigenvalue weighted by Gasteiger charge is 2.39. The van der Waals surface area contributed by atoms with Crippen LogP contribution in [-0.4, -0.2) is 0 Å². The van der Waals surface area contributed by atoms with Crippen molar-refractivity contribution in [3.8, 4) is 16.9 Å². The molecule has 0 aromatic heterocycles. The lowest BCUT2D eigenvalue weighted by molar-refractivity contribution is -0.185. The highest BCUT2D eigenvalue weighted by atomic mass is 19.4. The number of ether oxygens (including phenoxy) is 1. The van der Waals surface area contributed by atoms with Crippen molar-refractivity contribution in [2.24, 2.45) is 5.92 Å². The molecule has 0 saturated heterocycles. The largest absolute Gasteiger partial charge is 0.428 e. The van der Waals surface area contributed by atoms with Gasteiger partial charge in [0.25, 0.3) is 0 Å². The number of alkyl halides is 5. The van der Waals surface area contributed by atoms with E-state index in [-0.39, 0.29) is 11.1 Å². The van der Waals surface area contributed by atoms with Crippen molar-refractivity contribution in [1.29, 1.82) is 0 Å². The smallest absolute Gasteiger partial charge is 0.426 e. The maximum atomic E-state index is 15.1. The van der Waals surface area contributed by atoms with E-state index in [4.69, 9.17) is 4.74 Å². The lowest BCUT2D eigenvalue weighted by Gasteiger charge is -2.29. The minimum absolute atomic E-state index is 0.171. The average molecular weight is 539 g/mol. The number of rotatable bonds is 8. The van der Waals surface area contributed by atoms with Crippen molar-refractivity contribution in [2.75, 3.05) is 0 Å². The van der Waals surface area contributed by atoms with E-state index in [1.165, 1.54) is 55.7 Å². The summed E-state index contributed by atoms with van der Waals surface area (Å²) in [7, 11) is 0. The van der Waals surface area contributed by atoms with Gasteiger partial charge in [-0.25, -0.2) is 8.78 Å². The average Bonchev–Trinajstić information content (AvgIpc) is 2.87. The van der Waals surface area contributed by atoms with Crippen molar-refractivity contribution < 1.29 is 35.5 Å². The van der Waals surface area contributed by atoms with Gasteiger partial charge >= 0.3 is 12.3 Å². The van der Waals surface area contributed by atoms with Gasteiger partial charge in [0.2, 0.25) is 0 Å². The number of halogens is 7. The highest BCUT2D eigenvalue weighted by Crippen LogP contribution is 2.42. The number of para-hydroxylation sites is 1. The summed E-state index contributed by atoms with van der Waals surface area (Å²) in [6, 6.07) is 12.1. The van der Waals surface area contributed by atoms with Crippen molar-refractivity contribution >= 4 is 0 Å². The Hall–Kier alpha value is -3.03. The van der Waals surface area contributed by atoms with Crippen molar-refractivity contribution in [3.63, 3.8) is 0 Å². The summed E-state index contributed by atoms with van der Waals surface area (Å²) in [4.78, 5) is 0. The van der Waals surface area contributed by atoms with E-state index < -0.39 is 40.8 Å². The van der Waals surface area contributed by atoms with Gasteiger partial charge in [-0.15, -0.1) is 0 Å². The molecule has 38 heavy (non-hydrogen) atoms. The summed E-state index contributed by atoms with van der Waals surface area (Å²) in [6.45, 7) is 2.18. The molecule has 1 aliphatic carbocycles. The Kier molecular flexibility index (Phi) is 8.38. The standard InChI is InChI=1S/C30H29F7O/c1-2-3-6-19-9-11-20(12-10-19)21-13-15-23(16-14-21)30(36,37)38-27-8-5-4-7-24(27)22-17-25(31)28(26(32)18-22)29(33,34)35/h4-5,7-8,13-20H,2-3,6,9-12H2,1H3/t19-,20-. The fourth-order valence-corrected chi connectivity index (χ4v) is 5.22. The zero-order chi connectivity index (χ0) is 27.5. The van der Waals surface area contributed by atoms with E-state index in [1.807, 2.05) is 0 Å². The Balaban J connectivity index is 1.51. The minimum Gasteiger partial charge on any atom is -0.428 e. The first-order valence-electron chi connectivity index (χ1n) is 12.8. The molecular weight excluding hydrogens is 509 g/mol.